The molecule has 1 rings (SSSR count). The number of carbonyl (C=O) groups excluding carboxylic acids is 1. The molecule has 5 nitrogen and oxygen atoms in total. The van der Waals surface area contributed by atoms with Crippen LogP contribution in [0.15, 0.2) is 0 Å². The molecule has 1 aliphatic rings. The molecule has 5 heteroatoms. The van der Waals surface area contributed by atoms with Crippen molar-refractivity contribution in [3.63, 3.8) is 0 Å². The zero-order chi connectivity index (χ0) is 13.1. The maximum Gasteiger partial charge on any atom is 0.326 e. The molecule has 0 bridgehead atoms. The molecule has 1 atom stereocenters. The third-order valence-electron chi connectivity index (χ3n) is 4.00. The van der Waals surface area contributed by atoms with Crippen molar-refractivity contribution < 1.29 is 14.7 Å². The number of hydrogen-bond acceptors (Lipinski definition) is 3. The average Bonchev–Trinajstić information content (AvgIpc) is 2.80. The highest BCUT2D eigenvalue weighted by Gasteiger charge is 2.43. The van der Waals surface area contributed by atoms with Crippen molar-refractivity contribution in [1.29, 1.82) is 0 Å². The Hall–Kier alpha value is -1.10. The second-order valence-corrected chi connectivity index (χ2v) is 4.69. The Labute approximate surface area is 102 Å². The maximum absolute atomic E-state index is 12.5. The summed E-state index contributed by atoms with van der Waals surface area (Å²) in [5.74, 6) is -0.996. The van der Waals surface area contributed by atoms with Crippen LogP contribution in [0, 0.1) is 5.41 Å². The minimum atomic E-state index is -0.908. The van der Waals surface area contributed by atoms with Crippen LogP contribution in [0.3, 0.4) is 0 Å². The summed E-state index contributed by atoms with van der Waals surface area (Å²) in [6.07, 6.45) is 2.62. The highest BCUT2D eigenvalue weighted by atomic mass is 16.4. The molecular formula is C12H22N2O3. The summed E-state index contributed by atoms with van der Waals surface area (Å²) in [6.45, 7) is 4.68. The third kappa shape index (κ3) is 2.44. The number of likely N-dealkylation sites (tertiary alicyclic amines) is 1. The molecule has 3 N–H and O–H groups in total. The Bertz CT molecular complexity index is 292. The van der Waals surface area contributed by atoms with E-state index in [4.69, 9.17) is 10.8 Å². The number of carboxylic acid groups (broad SMARTS) is 1. The van der Waals surface area contributed by atoms with E-state index < -0.39 is 17.4 Å². The second-order valence-electron chi connectivity index (χ2n) is 4.69. The number of amides is 1. The van der Waals surface area contributed by atoms with E-state index in [0.717, 1.165) is 6.42 Å². The van der Waals surface area contributed by atoms with Gasteiger partial charge in [0.05, 0.1) is 5.41 Å². The quantitative estimate of drug-likeness (QED) is 0.748. The molecular weight excluding hydrogens is 220 g/mol. The zero-order valence-corrected chi connectivity index (χ0v) is 10.6. The van der Waals surface area contributed by atoms with Crippen LogP contribution in [0.25, 0.3) is 0 Å². The van der Waals surface area contributed by atoms with Crippen LogP contribution in [0.2, 0.25) is 0 Å². The first kappa shape index (κ1) is 14.0. The van der Waals surface area contributed by atoms with Crippen LogP contribution in [0.5, 0.6) is 0 Å². The maximum atomic E-state index is 12.5. The van der Waals surface area contributed by atoms with Crippen molar-refractivity contribution in [1.82, 2.24) is 4.90 Å². The number of nitrogens with zero attached hydrogens (tertiary/aromatic N) is 1. The Morgan fingerprint density at radius 2 is 2.00 bits per heavy atom. The normalized spacial score (nSPS) is 20.6. The van der Waals surface area contributed by atoms with Crippen molar-refractivity contribution in [3.8, 4) is 0 Å². The predicted octanol–water partition coefficient (Wildman–Crippen LogP) is 0.827. The summed E-state index contributed by atoms with van der Waals surface area (Å²) >= 11 is 0. The lowest BCUT2D eigenvalue weighted by atomic mass is 9.80. The van der Waals surface area contributed by atoms with Gasteiger partial charge in [-0.1, -0.05) is 13.8 Å². The van der Waals surface area contributed by atoms with E-state index in [1.54, 1.807) is 0 Å². The lowest BCUT2D eigenvalue weighted by Gasteiger charge is -2.35. The van der Waals surface area contributed by atoms with E-state index in [9.17, 15) is 9.59 Å². The fourth-order valence-electron chi connectivity index (χ4n) is 2.50. The summed E-state index contributed by atoms with van der Waals surface area (Å²) in [7, 11) is 0. The van der Waals surface area contributed by atoms with Gasteiger partial charge in [0, 0.05) is 13.1 Å². The van der Waals surface area contributed by atoms with E-state index >= 15 is 0 Å². The fraction of sp³-hybridized carbons (Fsp3) is 0.833. The van der Waals surface area contributed by atoms with Crippen LogP contribution >= 0.6 is 0 Å². The molecule has 1 unspecified atom stereocenters. The van der Waals surface area contributed by atoms with E-state index in [1.165, 1.54) is 4.90 Å². The topological polar surface area (TPSA) is 83.6 Å². The molecule has 1 amide bonds. The molecule has 0 radical (unpaired) electrons. The van der Waals surface area contributed by atoms with E-state index in [1.807, 2.05) is 13.8 Å². The van der Waals surface area contributed by atoms with Gasteiger partial charge in [0.15, 0.2) is 0 Å². The van der Waals surface area contributed by atoms with Gasteiger partial charge in [-0.05, 0) is 25.7 Å². The molecule has 1 heterocycles. The molecule has 0 aromatic rings. The van der Waals surface area contributed by atoms with Gasteiger partial charge in [-0.25, -0.2) is 4.79 Å². The summed E-state index contributed by atoms with van der Waals surface area (Å²) in [4.78, 5) is 25.0. The van der Waals surface area contributed by atoms with Crippen LogP contribution in [-0.4, -0.2) is 41.0 Å². The first-order valence-electron chi connectivity index (χ1n) is 6.26. The Balaban J connectivity index is 2.91. The van der Waals surface area contributed by atoms with Crippen molar-refractivity contribution in [2.75, 3.05) is 13.1 Å². The number of aliphatic carboxylic acids is 1. The van der Waals surface area contributed by atoms with E-state index in [0.29, 0.717) is 25.8 Å². The lowest BCUT2D eigenvalue weighted by Crippen LogP contribution is -2.51. The minimum absolute atomic E-state index is 0.0881. The van der Waals surface area contributed by atoms with Crippen LogP contribution in [0.1, 0.15) is 39.5 Å². The largest absolute Gasteiger partial charge is 0.480 e. The van der Waals surface area contributed by atoms with E-state index in [2.05, 4.69) is 0 Å². The Kier molecular flexibility index (Phi) is 4.51. The molecule has 0 aromatic carbocycles. The Morgan fingerprint density at radius 1 is 1.41 bits per heavy atom. The van der Waals surface area contributed by atoms with Crippen LogP contribution in [0.4, 0.5) is 0 Å². The zero-order valence-electron chi connectivity index (χ0n) is 10.6. The summed E-state index contributed by atoms with van der Waals surface area (Å²) in [6, 6.07) is -0.661. The van der Waals surface area contributed by atoms with Gasteiger partial charge in [-0.15, -0.1) is 0 Å². The number of carbonyl (C=O) groups is 2. The number of carboxylic acids is 1. The van der Waals surface area contributed by atoms with Crippen molar-refractivity contribution in [2.45, 2.75) is 45.6 Å². The molecule has 0 spiro atoms. The number of nitrogens with two attached hydrogens (primary N) is 1. The number of hydrogen-bond donors (Lipinski definition) is 2. The van der Waals surface area contributed by atoms with Gasteiger partial charge >= 0.3 is 5.97 Å². The fourth-order valence-corrected chi connectivity index (χ4v) is 2.50. The van der Waals surface area contributed by atoms with Gasteiger partial charge < -0.3 is 15.7 Å². The van der Waals surface area contributed by atoms with Crippen molar-refractivity contribution >= 4 is 11.9 Å². The van der Waals surface area contributed by atoms with Crippen molar-refractivity contribution in [2.24, 2.45) is 11.1 Å². The summed E-state index contributed by atoms with van der Waals surface area (Å²) in [5, 5.41) is 9.09. The average molecular weight is 242 g/mol. The second kappa shape index (κ2) is 5.49. The van der Waals surface area contributed by atoms with Gasteiger partial charge in [0.25, 0.3) is 0 Å². The Morgan fingerprint density at radius 3 is 2.41 bits per heavy atom. The molecule has 1 fully saturated rings. The minimum Gasteiger partial charge on any atom is -0.480 e. The molecule has 0 saturated carbocycles. The first-order chi connectivity index (χ1) is 8.02. The SMILES string of the molecule is CCC(CC)(CN)C(=O)N1CCCC1C(=O)O. The van der Waals surface area contributed by atoms with Crippen LogP contribution in [-0.2, 0) is 9.59 Å². The standard InChI is InChI=1S/C12H22N2O3/c1-3-12(4-2,8-13)11(17)14-7-5-6-9(14)10(15)16/h9H,3-8,13H2,1-2H3,(H,15,16). The number of rotatable bonds is 5. The molecule has 98 valence electrons. The summed E-state index contributed by atoms with van der Waals surface area (Å²) < 4.78 is 0. The van der Waals surface area contributed by atoms with Gasteiger partial charge in [-0.2, -0.15) is 0 Å². The highest BCUT2D eigenvalue weighted by molar-refractivity contribution is 5.88. The lowest BCUT2D eigenvalue weighted by molar-refractivity contribution is -0.153. The smallest absolute Gasteiger partial charge is 0.326 e. The molecule has 0 aliphatic carbocycles. The van der Waals surface area contributed by atoms with Crippen molar-refractivity contribution in [3.05, 3.63) is 0 Å². The van der Waals surface area contributed by atoms with Gasteiger partial charge in [-0.3, -0.25) is 4.79 Å². The molecule has 17 heavy (non-hydrogen) atoms. The predicted molar refractivity (Wildman–Crippen MR) is 64.4 cm³/mol. The summed E-state index contributed by atoms with van der Waals surface area (Å²) in [5.41, 5.74) is 5.14. The van der Waals surface area contributed by atoms with E-state index in [-0.39, 0.29) is 12.5 Å². The molecule has 0 aromatic heterocycles. The highest BCUT2D eigenvalue weighted by Crippen LogP contribution is 2.31. The monoisotopic (exact) mass is 242 g/mol. The van der Waals surface area contributed by atoms with Gasteiger partial charge in [0.2, 0.25) is 5.91 Å². The van der Waals surface area contributed by atoms with Crippen LogP contribution < -0.4 is 5.73 Å². The molecule has 1 aliphatic heterocycles. The van der Waals surface area contributed by atoms with Gasteiger partial charge in [0.1, 0.15) is 6.04 Å². The molecule has 1 saturated heterocycles. The first-order valence-corrected chi connectivity index (χ1v) is 6.26. The third-order valence-corrected chi connectivity index (χ3v) is 4.00.